The van der Waals surface area contributed by atoms with E-state index in [-0.39, 0.29) is 55.8 Å². The second-order valence-corrected chi connectivity index (χ2v) is 9.94. The van der Waals surface area contributed by atoms with Crippen LogP contribution in [0.25, 0.3) is 0 Å². The first-order chi connectivity index (χ1) is 15.6. The van der Waals surface area contributed by atoms with Crippen LogP contribution in [-0.2, 0) is 16.4 Å². The number of carbonyl (C=O) groups is 1. The maximum atomic E-state index is 15.1. The number of halogens is 4. The minimum absolute atomic E-state index is 0.0124. The summed E-state index contributed by atoms with van der Waals surface area (Å²) in [7, 11) is -3.71. The molecular formula is C20H14Cl3FN4O4S. The lowest BCUT2D eigenvalue weighted by Crippen LogP contribution is -2.24. The third kappa shape index (κ3) is 5.57. The lowest BCUT2D eigenvalue weighted by Gasteiger charge is -2.13. The van der Waals surface area contributed by atoms with E-state index in [4.69, 9.17) is 44.8 Å². The number of carbonyl (C=O) groups excluding carboxylic acids is 1. The number of nitriles is 1. The number of sulfone groups is 1. The molecule has 2 aromatic carbocycles. The molecule has 0 saturated heterocycles. The fourth-order valence-corrected chi connectivity index (χ4v) is 4.08. The van der Waals surface area contributed by atoms with Gasteiger partial charge in [-0.05, 0) is 24.3 Å². The zero-order valence-electron chi connectivity index (χ0n) is 16.7. The largest absolute Gasteiger partial charge is 0.453 e. The Morgan fingerprint density at radius 3 is 2.67 bits per heavy atom. The fraction of sp³-hybridized carbons (Fsp3) is 0.150. The van der Waals surface area contributed by atoms with Gasteiger partial charge >= 0.3 is 0 Å². The summed E-state index contributed by atoms with van der Waals surface area (Å²) in [6.07, 6.45) is 0. The Balaban J connectivity index is 1.81. The van der Waals surface area contributed by atoms with Gasteiger partial charge in [-0.1, -0.05) is 47.8 Å². The summed E-state index contributed by atoms with van der Waals surface area (Å²) in [4.78, 5) is 18.5. The number of nitrogens with zero attached hydrogens (tertiary/aromatic N) is 2. The predicted molar refractivity (Wildman–Crippen MR) is 120 cm³/mol. The highest BCUT2D eigenvalue weighted by atomic mass is 35.5. The quantitative estimate of drug-likeness (QED) is 0.447. The van der Waals surface area contributed by atoms with E-state index in [1.165, 1.54) is 37.3 Å². The number of aromatic nitrogens is 2. The van der Waals surface area contributed by atoms with Crippen LogP contribution < -0.4 is 10.1 Å². The zero-order chi connectivity index (χ0) is 24.3. The topological polar surface area (TPSA) is 125 Å². The number of imidazole rings is 1. The van der Waals surface area contributed by atoms with E-state index < -0.39 is 26.7 Å². The molecule has 13 heteroatoms. The van der Waals surface area contributed by atoms with Gasteiger partial charge in [0, 0.05) is 17.1 Å². The number of benzene rings is 2. The maximum absolute atomic E-state index is 15.1. The summed E-state index contributed by atoms with van der Waals surface area (Å²) in [6.45, 7) is 1.11. The van der Waals surface area contributed by atoms with Crippen molar-refractivity contribution in [2.45, 2.75) is 18.6 Å². The molecule has 1 aromatic heterocycles. The first-order valence-corrected chi connectivity index (χ1v) is 12.0. The van der Waals surface area contributed by atoms with Crippen molar-refractivity contribution in [2.24, 2.45) is 0 Å². The molecule has 0 radical (unpaired) electrons. The molecule has 33 heavy (non-hydrogen) atoms. The summed E-state index contributed by atoms with van der Waals surface area (Å²) >= 11 is 17.9. The van der Waals surface area contributed by atoms with E-state index >= 15 is 4.39 Å². The van der Waals surface area contributed by atoms with Crippen molar-refractivity contribution in [3.8, 4) is 17.6 Å². The molecule has 0 fully saturated rings. The van der Waals surface area contributed by atoms with Crippen molar-refractivity contribution in [3.63, 3.8) is 0 Å². The Kier molecular flexibility index (Phi) is 7.49. The number of H-pyrrole nitrogens is 1. The molecule has 8 nitrogen and oxygen atoms in total. The number of amides is 1. The molecular weight excluding hydrogens is 518 g/mol. The minimum atomic E-state index is -3.71. The number of ether oxygens (including phenoxy) is 1. The number of nitrogens with one attached hydrogen (secondary N) is 2. The Labute approximate surface area is 203 Å². The monoisotopic (exact) mass is 530 g/mol. The third-order valence-electron chi connectivity index (χ3n) is 4.32. The average Bonchev–Trinajstić information content (AvgIpc) is 3.18. The lowest BCUT2D eigenvalue weighted by atomic mass is 10.2. The minimum Gasteiger partial charge on any atom is -0.453 e. The van der Waals surface area contributed by atoms with Crippen LogP contribution in [0.5, 0.6) is 11.5 Å². The Hall–Kier alpha value is -2.84. The summed E-state index contributed by atoms with van der Waals surface area (Å²) in [5.41, 5.74) is -0.131. The van der Waals surface area contributed by atoms with Crippen LogP contribution in [0.1, 0.15) is 28.5 Å². The first kappa shape index (κ1) is 24.8. The fourth-order valence-electron chi connectivity index (χ4n) is 2.63. The van der Waals surface area contributed by atoms with Crippen LogP contribution in [0.15, 0.2) is 35.5 Å². The molecule has 172 valence electrons. The van der Waals surface area contributed by atoms with Gasteiger partial charge in [0.05, 0.1) is 22.4 Å². The van der Waals surface area contributed by atoms with E-state index in [0.29, 0.717) is 0 Å². The highest BCUT2D eigenvalue weighted by Gasteiger charge is 2.23. The van der Waals surface area contributed by atoms with Crippen LogP contribution in [-0.4, -0.2) is 30.0 Å². The first-order valence-electron chi connectivity index (χ1n) is 9.17. The van der Waals surface area contributed by atoms with E-state index in [9.17, 15) is 13.2 Å². The molecule has 0 saturated carbocycles. The van der Waals surface area contributed by atoms with Crippen molar-refractivity contribution in [1.29, 1.82) is 5.26 Å². The molecule has 1 heterocycles. The number of aromatic amines is 1. The van der Waals surface area contributed by atoms with Gasteiger partial charge in [0.1, 0.15) is 10.9 Å². The second kappa shape index (κ2) is 9.97. The van der Waals surface area contributed by atoms with E-state index in [2.05, 4.69) is 15.3 Å². The predicted octanol–water partition coefficient (Wildman–Crippen LogP) is 4.90. The molecule has 0 atom stereocenters. The SMILES string of the molecule is CCS(=O)(=O)c1nc(C(=O)NCc2ccc(Cl)c(Oc3cc(Cl)cc(C#N)c3)c2F)c(Cl)[nH]1. The van der Waals surface area contributed by atoms with Crippen molar-refractivity contribution in [1.82, 2.24) is 15.3 Å². The van der Waals surface area contributed by atoms with Gasteiger partial charge in [-0.2, -0.15) is 5.26 Å². The van der Waals surface area contributed by atoms with Crippen molar-refractivity contribution in [2.75, 3.05) is 5.75 Å². The molecule has 0 bridgehead atoms. The molecule has 1 amide bonds. The molecule has 0 aliphatic heterocycles. The van der Waals surface area contributed by atoms with Gasteiger partial charge in [-0.3, -0.25) is 4.79 Å². The van der Waals surface area contributed by atoms with E-state index in [1.807, 2.05) is 6.07 Å². The molecule has 2 N–H and O–H groups in total. The van der Waals surface area contributed by atoms with Gasteiger partial charge in [-0.25, -0.2) is 17.8 Å². The van der Waals surface area contributed by atoms with Gasteiger partial charge < -0.3 is 15.0 Å². The summed E-state index contributed by atoms with van der Waals surface area (Å²) in [5.74, 6) is -2.15. The van der Waals surface area contributed by atoms with Gasteiger partial charge in [0.2, 0.25) is 15.0 Å². The smallest absolute Gasteiger partial charge is 0.273 e. The normalized spacial score (nSPS) is 11.2. The van der Waals surface area contributed by atoms with Crippen LogP contribution >= 0.6 is 34.8 Å². The molecule has 0 spiro atoms. The Bertz CT molecular complexity index is 1390. The van der Waals surface area contributed by atoms with Crippen molar-refractivity contribution >= 4 is 50.5 Å². The molecule has 0 aliphatic carbocycles. The van der Waals surface area contributed by atoms with Gasteiger partial charge in [0.15, 0.2) is 17.3 Å². The average molecular weight is 532 g/mol. The van der Waals surface area contributed by atoms with Crippen LogP contribution in [0.4, 0.5) is 4.39 Å². The van der Waals surface area contributed by atoms with Crippen molar-refractivity contribution < 1.29 is 22.3 Å². The third-order valence-corrected chi connectivity index (χ3v) is 6.65. The number of hydrogen-bond acceptors (Lipinski definition) is 6. The standard InChI is InChI=1S/C20H14Cl3FN4O4S/c1-2-33(30,31)20-27-16(18(23)28-20)19(29)26-9-11-3-4-14(22)17(15(11)24)32-13-6-10(8-25)5-12(21)7-13/h3-7H,2,9H2,1H3,(H,26,29)(H,27,28). The molecule has 0 unspecified atom stereocenters. The summed E-state index contributed by atoms with van der Waals surface area (Å²) < 4.78 is 44.4. The van der Waals surface area contributed by atoms with Crippen LogP contribution in [0.3, 0.4) is 0 Å². The van der Waals surface area contributed by atoms with Crippen LogP contribution in [0.2, 0.25) is 15.2 Å². The highest BCUT2D eigenvalue weighted by molar-refractivity contribution is 7.91. The molecule has 0 aliphatic rings. The van der Waals surface area contributed by atoms with Crippen molar-refractivity contribution in [3.05, 3.63) is 68.2 Å². The maximum Gasteiger partial charge on any atom is 0.273 e. The summed E-state index contributed by atoms with van der Waals surface area (Å²) in [5, 5.41) is 10.9. The number of hydrogen-bond donors (Lipinski definition) is 2. The van der Waals surface area contributed by atoms with E-state index in [0.717, 1.165) is 0 Å². The lowest BCUT2D eigenvalue weighted by molar-refractivity contribution is 0.0946. The van der Waals surface area contributed by atoms with E-state index in [1.54, 1.807) is 0 Å². The van der Waals surface area contributed by atoms with Crippen LogP contribution in [0, 0.1) is 17.1 Å². The zero-order valence-corrected chi connectivity index (χ0v) is 19.8. The highest BCUT2D eigenvalue weighted by Crippen LogP contribution is 2.35. The van der Waals surface area contributed by atoms with Gasteiger partial charge in [-0.15, -0.1) is 0 Å². The number of rotatable bonds is 7. The Morgan fingerprint density at radius 2 is 2.00 bits per heavy atom. The molecule has 3 aromatic rings. The van der Waals surface area contributed by atoms with Gasteiger partial charge in [0.25, 0.3) is 5.91 Å². The second-order valence-electron chi connectivity index (χ2n) is 6.53. The Morgan fingerprint density at radius 1 is 1.27 bits per heavy atom. The summed E-state index contributed by atoms with van der Waals surface area (Å²) in [6, 6.07) is 8.76. The molecule has 3 rings (SSSR count).